The minimum absolute atomic E-state index is 0.486. The summed E-state index contributed by atoms with van der Waals surface area (Å²) in [5, 5.41) is 4.23. The Hall–Kier alpha value is -0.610. The third-order valence-electron chi connectivity index (χ3n) is 3.23. The van der Waals surface area contributed by atoms with Gasteiger partial charge in [0.2, 0.25) is 0 Å². The van der Waals surface area contributed by atoms with Crippen molar-refractivity contribution in [1.29, 1.82) is 0 Å². The fraction of sp³-hybridized carbons (Fsp3) is 0.625. The highest BCUT2D eigenvalue weighted by Crippen LogP contribution is 2.23. The van der Waals surface area contributed by atoms with Crippen molar-refractivity contribution in [2.75, 3.05) is 40.0 Å². The van der Waals surface area contributed by atoms with Crippen LogP contribution in [0.3, 0.4) is 0 Å². The first-order valence-electron chi connectivity index (χ1n) is 7.30. The number of ether oxygens (including phenoxy) is 2. The van der Waals surface area contributed by atoms with Gasteiger partial charge >= 0.3 is 0 Å². The largest absolute Gasteiger partial charge is 0.382 e. The van der Waals surface area contributed by atoms with Crippen LogP contribution in [0.25, 0.3) is 0 Å². The highest BCUT2D eigenvalue weighted by molar-refractivity contribution is 6.30. The number of rotatable bonds is 11. The molecule has 1 N–H and O–H groups in total. The van der Waals surface area contributed by atoms with Gasteiger partial charge in [0, 0.05) is 25.3 Å². The molecule has 4 heteroatoms. The summed E-state index contributed by atoms with van der Waals surface area (Å²) >= 11 is 6.08. The molecular formula is C16H26ClNO2. The van der Waals surface area contributed by atoms with Crippen LogP contribution in [0.4, 0.5) is 0 Å². The second-order valence-corrected chi connectivity index (χ2v) is 5.24. The molecule has 0 heterocycles. The van der Waals surface area contributed by atoms with E-state index in [1.807, 2.05) is 12.1 Å². The van der Waals surface area contributed by atoms with E-state index in [2.05, 4.69) is 24.4 Å². The molecule has 0 saturated heterocycles. The van der Waals surface area contributed by atoms with E-state index in [1.54, 1.807) is 7.11 Å². The fourth-order valence-electron chi connectivity index (χ4n) is 2.14. The lowest BCUT2D eigenvalue weighted by atomic mass is 9.94. The molecule has 1 aromatic carbocycles. The lowest BCUT2D eigenvalue weighted by Gasteiger charge is -2.18. The van der Waals surface area contributed by atoms with E-state index in [-0.39, 0.29) is 0 Å². The van der Waals surface area contributed by atoms with E-state index in [4.69, 9.17) is 21.1 Å². The fourth-order valence-corrected chi connectivity index (χ4v) is 2.34. The van der Waals surface area contributed by atoms with Crippen LogP contribution in [-0.4, -0.2) is 40.0 Å². The van der Waals surface area contributed by atoms with Gasteiger partial charge in [0.15, 0.2) is 0 Å². The van der Waals surface area contributed by atoms with Crippen LogP contribution in [0.2, 0.25) is 5.02 Å². The predicted octanol–water partition coefficient (Wildman–Crippen LogP) is 3.48. The van der Waals surface area contributed by atoms with Crippen LogP contribution < -0.4 is 5.32 Å². The van der Waals surface area contributed by atoms with Crippen molar-refractivity contribution in [1.82, 2.24) is 5.32 Å². The summed E-state index contributed by atoms with van der Waals surface area (Å²) in [5.41, 5.74) is 1.30. The highest BCUT2D eigenvalue weighted by atomic mass is 35.5. The second-order valence-electron chi connectivity index (χ2n) is 4.81. The van der Waals surface area contributed by atoms with Gasteiger partial charge in [-0.05, 0) is 43.0 Å². The average Bonchev–Trinajstić information content (AvgIpc) is 2.45. The van der Waals surface area contributed by atoms with Crippen molar-refractivity contribution >= 4 is 11.6 Å². The first-order valence-corrected chi connectivity index (χ1v) is 7.68. The molecule has 1 atom stereocenters. The molecule has 1 rings (SSSR count). The number of methoxy groups -OCH3 is 1. The monoisotopic (exact) mass is 299 g/mol. The van der Waals surface area contributed by atoms with Crippen LogP contribution in [0.15, 0.2) is 24.3 Å². The van der Waals surface area contributed by atoms with E-state index in [0.29, 0.717) is 19.1 Å². The van der Waals surface area contributed by atoms with Crippen molar-refractivity contribution in [3.63, 3.8) is 0 Å². The molecule has 0 aliphatic carbocycles. The zero-order valence-corrected chi connectivity index (χ0v) is 13.3. The Morgan fingerprint density at radius 1 is 1.25 bits per heavy atom. The zero-order chi connectivity index (χ0) is 14.6. The van der Waals surface area contributed by atoms with E-state index < -0.39 is 0 Å². The summed E-state index contributed by atoms with van der Waals surface area (Å²) in [6.45, 7) is 6.21. The molecule has 0 amide bonds. The molecule has 0 aromatic heterocycles. The third-order valence-corrected chi connectivity index (χ3v) is 3.47. The molecule has 0 bridgehead atoms. The summed E-state index contributed by atoms with van der Waals surface area (Å²) in [5.74, 6) is 0.486. The Labute approximate surface area is 127 Å². The Morgan fingerprint density at radius 3 is 2.80 bits per heavy atom. The van der Waals surface area contributed by atoms with Crippen molar-refractivity contribution < 1.29 is 9.47 Å². The van der Waals surface area contributed by atoms with Crippen molar-refractivity contribution in [2.24, 2.45) is 0 Å². The number of benzene rings is 1. The quantitative estimate of drug-likeness (QED) is 0.635. The van der Waals surface area contributed by atoms with Gasteiger partial charge in [0.05, 0.1) is 13.2 Å². The number of halogens is 1. The van der Waals surface area contributed by atoms with Gasteiger partial charge in [-0.2, -0.15) is 0 Å². The Balaban J connectivity index is 2.40. The minimum atomic E-state index is 0.486. The molecule has 1 aromatic rings. The van der Waals surface area contributed by atoms with Gasteiger partial charge in [-0.25, -0.2) is 0 Å². The first-order chi connectivity index (χ1) is 9.77. The lowest BCUT2D eigenvalue weighted by molar-refractivity contribution is 0.0681. The second kappa shape index (κ2) is 11.1. The first kappa shape index (κ1) is 17.4. The maximum absolute atomic E-state index is 6.08. The summed E-state index contributed by atoms with van der Waals surface area (Å²) < 4.78 is 10.5. The Kier molecular flexibility index (Phi) is 9.67. The molecular weight excluding hydrogens is 274 g/mol. The maximum atomic E-state index is 6.08. The normalized spacial score (nSPS) is 12.6. The summed E-state index contributed by atoms with van der Waals surface area (Å²) in [6.07, 6.45) is 2.15. The van der Waals surface area contributed by atoms with Crippen molar-refractivity contribution in [3.05, 3.63) is 34.9 Å². The smallest absolute Gasteiger partial charge is 0.0700 e. The molecule has 20 heavy (non-hydrogen) atoms. The molecule has 0 aliphatic rings. The van der Waals surface area contributed by atoms with Gasteiger partial charge in [-0.1, -0.05) is 30.7 Å². The van der Waals surface area contributed by atoms with Crippen molar-refractivity contribution in [2.45, 2.75) is 25.7 Å². The van der Waals surface area contributed by atoms with E-state index in [1.165, 1.54) is 5.56 Å². The number of hydrogen-bond donors (Lipinski definition) is 1. The molecule has 0 fully saturated rings. The third kappa shape index (κ3) is 7.25. The van der Waals surface area contributed by atoms with Crippen LogP contribution in [0, 0.1) is 0 Å². The predicted molar refractivity (Wildman–Crippen MR) is 84.7 cm³/mol. The van der Waals surface area contributed by atoms with E-state index in [0.717, 1.165) is 37.6 Å². The summed E-state index contributed by atoms with van der Waals surface area (Å²) in [6, 6.07) is 8.16. The molecule has 0 saturated carbocycles. The van der Waals surface area contributed by atoms with Crippen molar-refractivity contribution in [3.8, 4) is 0 Å². The number of likely N-dealkylation sites (N-methyl/N-ethyl adjacent to an activating group) is 1. The summed E-state index contributed by atoms with van der Waals surface area (Å²) in [4.78, 5) is 0. The van der Waals surface area contributed by atoms with Gasteiger partial charge < -0.3 is 14.8 Å². The van der Waals surface area contributed by atoms with Gasteiger partial charge in [0.25, 0.3) is 0 Å². The minimum Gasteiger partial charge on any atom is -0.382 e. The standard InChI is InChI=1S/C16H26ClNO2/c1-3-18-13-15(7-5-9-20-11-10-19-2)14-6-4-8-16(17)12-14/h4,6,8,12,15,18H,3,5,7,9-11,13H2,1-2H3. The number of hydrogen-bond acceptors (Lipinski definition) is 3. The SMILES string of the molecule is CCNCC(CCCOCCOC)c1cccc(Cl)c1. The molecule has 0 aliphatic heterocycles. The molecule has 1 unspecified atom stereocenters. The van der Waals surface area contributed by atoms with Gasteiger partial charge in [-0.3, -0.25) is 0 Å². The molecule has 0 spiro atoms. The lowest BCUT2D eigenvalue weighted by Crippen LogP contribution is -2.21. The van der Waals surface area contributed by atoms with E-state index >= 15 is 0 Å². The maximum Gasteiger partial charge on any atom is 0.0700 e. The zero-order valence-electron chi connectivity index (χ0n) is 12.5. The molecule has 3 nitrogen and oxygen atoms in total. The van der Waals surface area contributed by atoms with E-state index in [9.17, 15) is 0 Å². The molecule has 0 radical (unpaired) electrons. The van der Waals surface area contributed by atoms with Gasteiger partial charge in [0.1, 0.15) is 0 Å². The molecule has 114 valence electrons. The Morgan fingerprint density at radius 2 is 2.10 bits per heavy atom. The van der Waals surface area contributed by atoms with Crippen LogP contribution in [0.5, 0.6) is 0 Å². The average molecular weight is 300 g/mol. The van der Waals surface area contributed by atoms with Crippen LogP contribution in [0.1, 0.15) is 31.2 Å². The number of nitrogens with one attached hydrogen (secondary N) is 1. The van der Waals surface area contributed by atoms with Crippen LogP contribution >= 0.6 is 11.6 Å². The van der Waals surface area contributed by atoms with Gasteiger partial charge in [-0.15, -0.1) is 0 Å². The van der Waals surface area contributed by atoms with Crippen LogP contribution in [-0.2, 0) is 9.47 Å². The Bertz CT molecular complexity index is 360. The highest BCUT2D eigenvalue weighted by Gasteiger charge is 2.11. The summed E-state index contributed by atoms with van der Waals surface area (Å²) in [7, 11) is 1.69. The topological polar surface area (TPSA) is 30.5 Å².